The zero-order chi connectivity index (χ0) is 13.9. The number of nitrogens with two attached hydrogens (primary N) is 1. The summed E-state index contributed by atoms with van der Waals surface area (Å²) in [7, 11) is 0. The molecule has 0 bridgehead atoms. The monoisotopic (exact) mass is 265 g/mol. The van der Waals surface area contributed by atoms with Crippen molar-refractivity contribution >= 4 is 5.97 Å². The van der Waals surface area contributed by atoms with Gasteiger partial charge in [-0.15, -0.1) is 13.2 Å². The number of rotatable bonds is 4. The molecule has 8 heteroatoms. The van der Waals surface area contributed by atoms with Gasteiger partial charge in [0.05, 0.1) is 6.42 Å². The van der Waals surface area contributed by atoms with Gasteiger partial charge in [0.1, 0.15) is 11.5 Å². The molecule has 1 atom stereocenters. The summed E-state index contributed by atoms with van der Waals surface area (Å²) in [5.74, 6) is -2.20. The van der Waals surface area contributed by atoms with E-state index in [-0.39, 0.29) is 5.56 Å². The molecule has 0 heterocycles. The number of aliphatic carboxylic acids is 1. The van der Waals surface area contributed by atoms with Crippen molar-refractivity contribution in [1.82, 2.24) is 0 Å². The number of carboxylic acids is 1. The second kappa shape index (κ2) is 5.13. The predicted octanol–water partition coefficient (Wildman–Crippen LogP) is 1.77. The smallest absolute Gasteiger partial charge is 0.508 e. The summed E-state index contributed by atoms with van der Waals surface area (Å²) in [5.41, 5.74) is 5.33. The number of ether oxygens (including phenoxy) is 1. The van der Waals surface area contributed by atoms with Crippen molar-refractivity contribution in [2.75, 3.05) is 0 Å². The van der Waals surface area contributed by atoms with Crippen LogP contribution >= 0.6 is 0 Å². The van der Waals surface area contributed by atoms with Crippen LogP contribution in [0.1, 0.15) is 18.0 Å². The van der Waals surface area contributed by atoms with E-state index in [0.29, 0.717) is 0 Å². The van der Waals surface area contributed by atoms with Crippen LogP contribution in [0.3, 0.4) is 0 Å². The van der Waals surface area contributed by atoms with Crippen molar-refractivity contribution in [3.8, 4) is 11.5 Å². The van der Waals surface area contributed by atoms with Gasteiger partial charge in [0.2, 0.25) is 0 Å². The summed E-state index contributed by atoms with van der Waals surface area (Å²) < 4.78 is 39.6. The van der Waals surface area contributed by atoms with E-state index in [1.54, 1.807) is 0 Å². The minimum absolute atomic E-state index is 0.126. The number of aromatic hydroxyl groups is 1. The summed E-state index contributed by atoms with van der Waals surface area (Å²) in [6.45, 7) is 0. The maximum absolute atomic E-state index is 12.0. The van der Waals surface area contributed by atoms with E-state index >= 15 is 0 Å². The van der Waals surface area contributed by atoms with Crippen molar-refractivity contribution in [3.05, 3.63) is 23.8 Å². The molecule has 0 fully saturated rings. The van der Waals surface area contributed by atoms with Crippen molar-refractivity contribution < 1.29 is 32.9 Å². The van der Waals surface area contributed by atoms with Crippen molar-refractivity contribution in [2.24, 2.45) is 5.73 Å². The molecule has 4 N–H and O–H groups in total. The summed E-state index contributed by atoms with van der Waals surface area (Å²) in [4.78, 5) is 10.4. The van der Waals surface area contributed by atoms with Crippen LogP contribution in [-0.4, -0.2) is 22.5 Å². The van der Waals surface area contributed by atoms with E-state index in [0.717, 1.165) is 18.2 Å². The van der Waals surface area contributed by atoms with Crippen LogP contribution in [0.2, 0.25) is 0 Å². The third-order valence-corrected chi connectivity index (χ3v) is 2.03. The number of hydrogen-bond acceptors (Lipinski definition) is 4. The topological polar surface area (TPSA) is 92.8 Å². The molecule has 0 amide bonds. The Labute approximate surface area is 99.6 Å². The minimum Gasteiger partial charge on any atom is -0.508 e. The maximum atomic E-state index is 12.0. The van der Waals surface area contributed by atoms with Crippen LogP contribution in [0.15, 0.2) is 18.2 Å². The third-order valence-electron chi connectivity index (χ3n) is 2.03. The quantitative estimate of drug-likeness (QED) is 0.771. The first-order valence-corrected chi connectivity index (χ1v) is 4.75. The summed E-state index contributed by atoms with van der Waals surface area (Å²) >= 11 is 0. The van der Waals surface area contributed by atoms with Crippen LogP contribution in [0.4, 0.5) is 13.2 Å². The fraction of sp³-hybridized carbons (Fsp3) is 0.300. The second-order valence-corrected chi connectivity index (χ2v) is 3.47. The van der Waals surface area contributed by atoms with E-state index in [2.05, 4.69) is 4.74 Å². The van der Waals surface area contributed by atoms with Gasteiger partial charge in [-0.2, -0.15) is 0 Å². The van der Waals surface area contributed by atoms with Gasteiger partial charge >= 0.3 is 12.3 Å². The standard InChI is InChI=1S/C10H10F3NO4/c11-10(12,13)18-5-1-2-8(15)6(3-5)7(14)4-9(16)17/h1-3,7,15H,4,14H2,(H,16,17)/t7-/m1/s1. The molecule has 0 saturated heterocycles. The Hall–Kier alpha value is -1.96. The number of halogens is 3. The lowest BCUT2D eigenvalue weighted by atomic mass is 10.0. The summed E-state index contributed by atoms with van der Waals surface area (Å²) in [5, 5.41) is 17.9. The van der Waals surface area contributed by atoms with Crippen molar-refractivity contribution in [1.29, 1.82) is 0 Å². The first-order chi connectivity index (χ1) is 8.19. The average Bonchev–Trinajstić information content (AvgIpc) is 2.17. The molecule has 0 saturated carbocycles. The van der Waals surface area contributed by atoms with Gasteiger partial charge in [-0.1, -0.05) is 0 Å². The van der Waals surface area contributed by atoms with Crippen LogP contribution < -0.4 is 10.5 Å². The largest absolute Gasteiger partial charge is 0.573 e. The van der Waals surface area contributed by atoms with Crippen LogP contribution in [0.25, 0.3) is 0 Å². The molecule has 1 rings (SSSR count). The molecule has 18 heavy (non-hydrogen) atoms. The number of benzene rings is 1. The molecule has 0 unspecified atom stereocenters. The number of phenolic OH excluding ortho intramolecular Hbond substituents is 1. The van der Waals surface area contributed by atoms with Gasteiger partial charge < -0.3 is 20.7 Å². The normalized spacial score (nSPS) is 13.1. The molecule has 0 aliphatic rings. The van der Waals surface area contributed by atoms with E-state index in [9.17, 15) is 23.1 Å². The Balaban J connectivity index is 2.97. The van der Waals surface area contributed by atoms with Gasteiger partial charge in [0.15, 0.2) is 0 Å². The number of alkyl halides is 3. The molecule has 1 aromatic carbocycles. The Morgan fingerprint density at radius 3 is 2.56 bits per heavy atom. The lowest BCUT2D eigenvalue weighted by Gasteiger charge is -2.14. The SMILES string of the molecule is N[C@H](CC(=O)O)c1cc(OC(F)(F)F)ccc1O. The van der Waals surface area contributed by atoms with Crippen LogP contribution in [0, 0.1) is 0 Å². The Kier molecular flexibility index (Phi) is 4.02. The highest BCUT2D eigenvalue weighted by Crippen LogP contribution is 2.31. The summed E-state index contributed by atoms with van der Waals surface area (Å²) in [6, 6.07) is 1.59. The Bertz CT molecular complexity index is 447. The van der Waals surface area contributed by atoms with Gasteiger partial charge in [-0.05, 0) is 18.2 Å². The lowest BCUT2D eigenvalue weighted by molar-refractivity contribution is -0.274. The zero-order valence-electron chi connectivity index (χ0n) is 8.94. The molecule has 0 aromatic heterocycles. The first-order valence-electron chi connectivity index (χ1n) is 4.75. The second-order valence-electron chi connectivity index (χ2n) is 3.47. The molecule has 0 spiro atoms. The Morgan fingerprint density at radius 1 is 1.44 bits per heavy atom. The third kappa shape index (κ3) is 4.13. The van der Waals surface area contributed by atoms with E-state index in [4.69, 9.17) is 10.8 Å². The number of carbonyl (C=O) groups is 1. The maximum Gasteiger partial charge on any atom is 0.573 e. The van der Waals surface area contributed by atoms with Crippen molar-refractivity contribution in [3.63, 3.8) is 0 Å². The fourth-order valence-electron chi connectivity index (χ4n) is 1.32. The highest BCUT2D eigenvalue weighted by Gasteiger charge is 2.31. The molecule has 5 nitrogen and oxygen atoms in total. The zero-order valence-corrected chi connectivity index (χ0v) is 8.94. The minimum atomic E-state index is -4.87. The van der Waals surface area contributed by atoms with Crippen molar-refractivity contribution in [2.45, 2.75) is 18.8 Å². The van der Waals surface area contributed by atoms with E-state index in [1.807, 2.05) is 0 Å². The molecule has 0 aliphatic carbocycles. The lowest BCUT2D eigenvalue weighted by Crippen LogP contribution is -2.18. The average molecular weight is 265 g/mol. The van der Waals surface area contributed by atoms with E-state index in [1.165, 1.54) is 0 Å². The molecule has 0 aliphatic heterocycles. The van der Waals surface area contributed by atoms with Gasteiger partial charge in [0.25, 0.3) is 0 Å². The predicted molar refractivity (Wildman–Crippen MR) is 54.0 cm³/mol. The van der Waals surface area contributed by atoms with Crippen LogP contribution in [-0.2, 0) is 4.79 Å². The first kappa shape index (κ1) is 14.1. The number of hydrogen-bond donors (Lipinski definition) is 3. The highest BCUT2D eigenvalue weighted by atomic mass is 19.4. The number of carboxylic acid groups (broad SMARTS) is 1. The highest BCUT2D eigenvalue weighted by molar-refractivity contribution is 5.68. The van der Waals surface area contributed by atoms with Gasteiger partial charge in [-0.25, -0.2) is 0 Å². The van der Waals surface area contributed by atoms with Gasteiger partial charge in [0, 0.05) is 11.6 Å². The molecule has 0 radical (unpaired) electrons. The van der Waals surface area contributed by atoms with E-state index < -0.39 is 36.3 Å². The summed E-state index contributed by atoms with van der Waals surface area (Å²) in [6.07, 6.45) is -5.39. The molecule has 1 aromatic rings. The number of phenols is 1. The molecular weight excluding hydrogens is 255 g/mol. The molecule has 100 valence electrons. The molecular formula is C10H10F3NO4. The van der Waals surface area contributed by atoms with Crippen LogP contribution in [0.5, 0.6) is 11.5 Å². The van der Waals surface area contributed by atoms with Gasteiger partial charge in [-0.3, -0.25) is 4.79 Å². The Morgan fingerprint density at radius 2 is 2.06 bits per heavy atom. The fourth-order valence-corrected chi connectivity index (χ4v) is 1.32.